The van der Waals surface area contributed by atoms with Crippen molar-refractivity contribution in [1.82, 2.24) is 5.32 Å². The van der Waals surface area contributed by atoms with Crippen LogP contribution in [0.4, 0.5) is 0 Å². The molecule has 1 saturated carbocycles. The highest BCUT2D eigenvalue weighted by molar-refractivity contribution is 5.55. The lowest BCUT2D eigenvalue weighted by atomic mass is 10.2. The first-order chi connectivity index (χ1) is 4.43. The molecule has 0 heterocycles. The molecule has 0 aromatic carbocycles. The van der Waals surface area contributed by atoms with Crippen molar-refractivity contribution in [3.63, 3.8) is 0 Å². The van der Waals surface area contributed by atoms with Crippen molar-refractivity contribution in [3.8, 4) is 0 Å². The van der Waals surface area contributed by atoms with Crippen LogP contribution in [-0.2, 0) is 0 Å². The van der Waals surface area contributed by atoms with E-state index in [9.17, 15) is 0 Å². The summed E-state index contributed by atoms with van der Waals surface area (Å²) in [7, 11) is 0. The maximum Gasteiger partial charge on any atom is 0.0304 e. The van der Waals surface area contributed by atoms with Gasteiger partial charge in [-0.2, -0.15) is 0 Å². The minimum Gasteiger partial charge on any atom is -0.312 e. The van der Waals surface area contributed by atoms with Crippen LogP contribution in [0, 0.1) is 5.41 Å². The van der Waals surface area contributed by atoms with E-state index in [0.717, 1.165) is 6.54 Å². The molecule has 0 spiro atoms. The minimum atomic E-state index is 0.714. The Balaban J connectivity index is 2.04. The SMILES string of the molecule is N=CCNC1CCCC1. The maximum absolute atomic E-state index is 6.78. The third kappa shape index (κ3) is 2.14. The van der Waals surface area contributed by atoms with Crippen LogP contribution < -0.4 is 5.32 Å². The number of hydrogen-bond acceptors (Lipinski definition) is 2. The van der Waals surface area contributed by atoms with Crippen molar-refractivity contribution < 1.29 is 0 Å². The van der Waals surface area contributed by atoms with Crippen molar-refractivity contribution in [2.24, 2.45) is 0 Å². The van der Waals surface area contributed by atoms with E-state index in [1.165, 1.54) is 31.9 Å². The van der Waals surface area contributed by atoms with Gasteiger partial charge in [-0.15, -0.1) is 0 Å². The zero-order chi connectivity index (χ0) is 6.53. The Kier molecular flexibility index (Phi) is 2.71. The first-order valence-corrected chi connectivity index (χ1v) is 3.66. The van der Waals surface area contributed by atoms with Gasteiger partial charge in [-0.25, -0.2) is 0 Å². The van der Waals surface area contributed by atoms with Crippen molar-refractivity contribution in [2.45, 2.75) is 31.7 Å². The van der Waals surface area contributed by atoms with Gasteiger partial charge in [-0.3, -0.25) is 0 Å². The Morgan fingerprint density at radius 1 is 1.44 bits per heavy atom. The standard InChI is InChI=1S/C7H14N2/c8-5-6-9-7-3-1-2-4-7/h5,7-9H,1-4,6H2. The van der Waals surface area contributed by atoms with Crippen LogP contribution in [-0.4, -0.2) is 18.8 Å². The number of hydrogen-bond donors (Lipinski definition) is 2. The highest BCUT2D eigenvalue weighted by Gasteiger charge is 2.12. The predicted octanol–water partition coefficient (Wildman–Crippen LogP) is 1.17. The summed E-state index contributed by atoms with van der Waals surface area (Å²) in [6.07, 6.45) is 6.80. The second kappa shape index (κ2) is 3.62. The zero-order valence-electron chi connectivity index (χ0n) is 5.69. The van der Waals surface area contributed by atoms with Crippen LogP contribution in [0.5, 0.6) is 0 Å². The Labute approximate surface area is 56.2 Å². The van der Waals surface area contributed by atoms with Crippen LogP contribution in [0.3, 0.4) is 0 Å². The van der Waals surface area contributed by atoms with Gasteiger partial charge in [-0.1, -0.05) is 12.8 Å². The highest BCUT2D eigenvalue weighted by atomic mass is 14.9. The van der Waals surface area contributed by atoms with Gasteiger partial charge < -0.3 is 10.7 Å². The molecule has 9 heavy (non-hydrogen) atoms. The zero-order valence-corrected chi connectivity index (χ0v) is 5.69. The molecule has 0 aromatic rings. The number of rotatable bonds is 3. The van der Waals surface area contributed by atoms with Gasteiger partial charge in [0.15, 0.2) is 0 Å². The van der Waals surface area contributed by atoms with Crippen LogP contribution in [0.1, 0.15) is 25.7 Å². The molecular formula is C7H14N2. The van der Waals surface area contributed by atoms with Crippen molar-refractivity contribution in [1.29, 1.82) is 5.41 Å². The van der Waals surface area contributed by atoms with Gasteiger partial charge in [0.2, 0.25) is 0 Å². The monoisotopic (exact) mass is 126 g/mol. The van der Waals surface area contributed by atoms with E-state index in [0.29, 0.717) is 6.04 Å². The summed E-state index contributed by atoms with van der Waals surface area (Å²) in [5, 5.41) is 10.1. The van der Waals surface area contributed by atoms with Crippen molar-refractivity contribution in [2.75, 3.05) is 6.54 Å². The molecule has 2 nitrogen and oxygen atoms in total. The van der Waals surface area contributed by atoms with E-state index >= 15 is 0 Å². The largest absolute Gasteiger partial charge is 0.312 e. The lowest BCUT2D eigenvalue weighted by Crippen LogP contribution is -2.27. The molecule has 0 bridgehead atoms. The third-order valence-corrected chi connectivity index (χ3v) is 1.86. The fourth-order valence-electron chi connectivity index (χ4n) is 1.36. The predicted molar refractivity (Wildman–Crippen MR) is 39.0 cm³/mol. The molecule has 1 aliphatic rings. The molecule has 1 rings (SSSR count). The third-order valence-electron chi connectivity index (χ3n) is 1.86. The van der Waals surface area contributed by atoms with Crippen LogP contribution >= 0.6 is 0 Å². The summed E-state index contributed by atoms with van der Waals surface area (Å²) in [6.45, 7) is 0.755. The summed E-state index contributed by atoms with van der Waals surface area (Å²) in [4.78, 5) is 0. The van der Waals surface area contributed by atoms with Crippen molar-refractivity contribution >= 4 is 6.21 Å². The van der Waals surface area contributed by atoms with Gasteiger partial charge in [0.25, 0.3) is 0 Å². The first-order valence-electron chi connectivity index (χ1n) is 3.66. The molecular weight excluding hydrogens is 112 g/mol. The second-order valence-electron chi connectivity index (χ2n) is 2.59. The Bertz CT molecular complexity index is 84.9. The summed E-state index contributed by atoms with van der Waals surface area (Å²) < 4.78 is 0. The molecule has 2 heteroatoms. The quantitative estimate of drug-likeness (QED) is 0.547. The van der Waals surface area contributed by atoms with Gasteiger partial charge in [0, 0.05) is 18.8 Å². The minimum absolute atomic E-state index is 0.714. The van der Waals surface area contributed by atoms with E-state index in [4.69, 9.17) is 5.41 Å². The van der Waals surface area contributed by atoms with Gasteiger partial charge in [0.1, 0.15) is 0 Å². The molecule has 0 aliphatic heterocycles. The molecule has 0 amide bonds. The fraction of sp³-hybridized carbons (Fsp3) is 0.857. The smallest absolute Gasteiger partial charge is 0.0304 e. The van der Waals surface area contributed by atoms with Crippen molar-refractivity contribution in [3.05, 3.63) is 0 Å². The molecule has 2 N–H and O–H groups in total. The molecule has 1 aliphatic carbocycles. The molecule has 1 fully saturated rings. The fourth-order valence-corrected chi connectivity index (χ4v) is 1.36. The van der Waals surface area contributed by atoms with E-state index in [1.54, 1.807) is 0 Å². The van der Waals surface area contributed by atoms with Crippen LogP contribution in [0.15, 0.2) is 0 Å². The molecule has 52 valence electrons. The molecule has 0 radical (unpaired) electrons. The Morgan fingerprint density at radius 3 is 2.67 bits per heavy atom. The first kappa shape index (κ1) is 6.75. The molecule has 0 atom stereocenters. The maximum atomic E-state index is 6.78. The second-order valence-corrected chi connectivity index (χ2v) is 2.59. The van der Waals surface area contributed by atoms with Gasteiger partial charge >= 0.3 is 0 Å². The Hall–Kier alpha value is -0.370. The normalized spacial score (nSPS) is 20.4. The van der Waals surface area contributed by atoms with E-state index < -0.39 is 0 Å². The summed E-state index contributed by atoms with van der Waals surface area (Å²) >= 11 is 0. The number of nitrogens with one attached hydrogen (secondary N) is 2. The van der Waals surface area contributed by atoms with E-state index in [1.807, 2.05) is 0 Å². The lowest BCUT2D eigenvalue weighted by Gasteiger charge is -2.07. The van der Waals surface area contributed by atoms with E-state index in [2.05, 4.69) is 5.32 Å². The molecule has 0 aromatic heterocycles. The van der Waals surface area contributed by atoms with Gasteiger partial charge in [-0.05, 0) is 12.8 Å². The Morgan fingerprint density at radius 2 is 2.11 bits per heavy atom. The lowest BCUT2D eigenvalue weighted by molar-refractivity contribution is 0.566. The summed E-state index contributed by atoms with van der Waals surface area (Å²) in [5.74, 6) is 0. The average Bonchev–Trinajstić information content (AvgIpc) is 2.34. The van der Waals surface area contributed by atoms with Crippen LogP contribution in [0.2, 0.25) is 0 Å². The van der Waals surface area contributed by atoms with Gasteiger partial charge in [0.05, 0.1) is 0 Å². The summed E-state index contributed by atoms with van der Waals surface area (Å²) in [5.41, 5.74) is 0. The molecule has 0 unspecified atom stereocenters. The van der Waals surface area contributed by atoms with Crippen LogP contribution in [0.25, 0.3) is 0 Å². The average molecular weight is 126 g/mol. The van der Waals surface area contributed by atoms with E-state index in [-0.39, 0.29) is 0 Å². The molecule has 0 saturated heterocycles. The highest BCUT2D eigenvalue weighted by Crippen LogP contribution is 2.16. The summed E-state index contributed by atoms with van der Waals surface area (Å²) in [6, 6.07) is 0.714. The topological polar surface area (TPSA) is 35.9 Å².